The summed E-state index contributed by atoms with van der Waals surface area (Å²) in [6.07, 6.45) is 10.9. The van der Waals surface area contributed by atoms with E-state index < -0.39 is 5.97 Å². The Bertz CT molecular complexity index is 1130. The van der Waals surface area contributed by atoms with Gasteiger partial charge >= 0.3 is 5.97 Å². The van der Waals surface area contributed by atoms with Gasteiger partial charge in [-0.2, -0.15) is 0 Å². The van der Waals surface area contributed by atoms with Crippen LogP contribution in [0.4, 0.5) is 0 Å². The van der Waals surface area contributed by atoms with Gasteiger partial charge in [-0.3, -0.25) is 9.59 Å². The lowest BCUT2D eigenvalue weighted by Crippen LogP contribution is -2.33. The number of unbranched alkanes of at least 4 members (excludes halogenated alkanes) is 1. The highest BCUT2D eigenvalue weighted by atomic mass is 79.9. The number of carboxylic acids is 1. The third kappa shape index (κ3) is 9.48. The van der Waals surface area contributed by atoms with Gasteiger partial charge < -0.3 is 15.0 Å². The molecule has 1 aromatic carbocycles. The van der Waals surface area contributed by atoms with Gasteiger partial charge in [0, 0.05) is 35.0 Å². The summed E-state index contributed by atoms with van der Waals surface area (Å²) >= 11 is 4.72. The number of amides is 1. The fourth-order valence-corrected chi connectivity index (χ4v) is 6.84. The molecule has 1 atom stereocenters. The van der Waals surface area contributed by atoms with Crippen molar-refractivity contribution in [2.24, 2.45) is 17.8 Å². The molecule has 1 amide bonds. The van der Waals surface area contributed by atoms with Crippen LogP contribution >= 0.6 is 27.7 Å². The van der Waals surface area contributed by atoms with Crippen LogP contribution in [-0.2, 0) is 29.1 Å². The summed E-state index contributed by atoms with van der Waals surface area (Å²) < 4.78 is 2.66. The maximum atomic E-state index is 13.3. The number of aromatic nitrogens is 2. The fourth-order valence-electron chi connectivity index (χ4n) is 5.12. The molecule has 39 heavy (non-hydrogen) atoms. The highest BCUT2D eigenvalue weighted by Gasteiger charge is 2.26. The molecule has 1 heterocycles. The highest BCUT2D eigenvalue weighted by Crippen LogP contribution is 2.30. The lowest BCUT2D eigenvalue weighted by molar-refractivity contribution is -0.125. The molecule has 3 rings (SSSR count). The molecule has 1 fully saturated rings. The first-order valence-electron chi connectivity index (χ1n) is 14.2. The number of carbonyl (C=O) groups excluding carboxylic acids is 2. The SMILES string of the molecule is CCCCc1ncc(CNC(=O)C(CSC(=O)C2CCCCC2)CC(C)C)n1Cc1ccc(C(=O)O)c(Br)c1. The van der Waals surface area contributed by atoms with E-state index in [1.807, 2.05) is 18.3 Å². The van der Waals surface area contributed by atoms with Crippen molar-refractivity contribution >= 4 is 44.7 Å². The number of hydrogen-bond donors (Lipinski definition) is 2. The standard InChI is InChI=1S/C30H42BrN3O4S/c1-4-5-11-27-32-16-24(34(27)18-21-12-13-25(29(36)37)26(31)15-21)17-33-28(35)23(14-20(2)3)19-39-30(38)22-9-7-6-8-10-22/h12-13,15-16,20,22-23H,4-11,14,17-19H2,1-3H3,(H,33,35)(H,36,37). The summed E-state index contributed by atoms with van der Waals surface area (Å²) in [5, 5.41) is 12.7. The second-order valence-electron chi connectivity index (χ2n) is 11.0. The lowest BCUT2D eigenvalue weighted by Gasteiger charge is -2.22. The van der Waals surface area contributed by atoms with Crippen LogP contribution in [0.1, 0.15) is 99.6 Å². The molecule has 9 heteroatoms. The highest BCUT2D eigenvalue weighted by molar-refractivity contribution is 9.10. The number of benzene rings is 1. The van der Waals surface area contributed by atoms with Crippen LogP contribution in [0.5, 0.6) is 0 Å². The molecule has 1 unspecified atom stereocenters. The van der Waals surface area contributed by atoms with Crippen LogP contribution < -0.4 is 5.32 Å². The summed E-state index contributed by atoms with van der Waals surface area (Å²) in [4.78, 5) is 42.1. The molecule has 0 bridgehead atoms. The van der Waals surface area contributed by atoms with E-state index in [9.17, 15) is 19.5 Å². The minimum Gasteiger partial charge on any atom is -0.478 e. The third-order valence-electron chi connectivity index (χ3n) is 7.32. The summed E-state index contributed by atoms with van der Waals surface area (Å²) in [6, 6.07) is 5.25. The van der Waals surface area contributed by atoms with Gasteiger partial charge in [0.25, 0.3) is 0 Å². The molecule has 7 nitrogen and oxygen atoms in total. The minimum absolute atomic E-state index is 0.0240. The molecule has 1 aromatic heterocycles. The normalized spacial score (nSPS) is 14.9. The van der Waals surface area contributed by atoms with Gasteiger partial charge in [0.15, 0.2) is 5.12 Å². The maximum absolute atomic E-state index is 13.3. The number of nitrogens with one attached hydrogen (secondary N) is 1. The number of thioether (sulfide) groups is 1. The van der Waals surface area contributed by atoms with Crippen LogP contribution in [-0.4, -0.2) is 37.4 Å². The fraction of sp³-hybridized carbons (Fsp3) is 0.600. The van der Waals surface area contributed by atoms with E-state index in [4.69, 9.17) is 0 Å². The molecule has 1 aliphatic carbocycles. The second-order valence-corrected chi connectivity index (χ2v) is 12.9. The Balaban J connectivity index is 1.69. The van der Waals surface area contributed by atoms with Gasteiger partial charge in [-0.15, -0.1) is 0 Å². The Hall–Kier alpha value is -2.13. The first-order chi connectivity index (χ1) is 18.7. The van der Waals surface area contributed by atoms with Gasteiger partial charge in [-0.25, -0.2) is 9.78 Å². The monoisotopic (exact) mass is 619 g/mol. The van der Waals surface area contributed by atoms with Crippen molar-refractivity contribution in [2.75, 3.05) is 5.75 Å². The lowest BCUT2D eigenvalue weighted by atomic mass is 9.90. The number of aryl methyl sites for hydroxylation is 1. The molecule has 1 aliphatic rings. The average Bonchev–Trinajstić information content (AvgIpc) is 3.29. The number of halogens is 1. The number of aromatic carboxylic acids is 1. The Kier molecular flexibility index (Phi) is 12.6. The molecule has 1 saturated carbocycles. The topological polar surface area (TPSA) is 101 Å². The Morgan fingerprint density at radius 2 is 1.95 bits per heavy atom. The van der Waals surface area contributed by atoms with E-state index in [1.165, 1.54) is 18.2 Å². The Labute approximate surface area is 245 Å². The third-order valence-corrected chi connectivity index (χ3v) is 9.16. The summed E-state index contributed by atoms with van der Waals surface area (Å²) in [7, 11) is 0. The van der Waals surface area contributed by atoms with Gasteiger partial charge in [0.1, 0.15) is 5.82 Å². The van der Waals surface area contributed by atoms with Gasteiger partial charge in [0.05, 0.1) is 24.0 Å². The van der Waals surface area contributed by atoms with Crippen molar-refractivity contribution in [3.8, 4) is 0 Å². The molecular formula is C30H42BrN3O4S. The number of imidazole rings is 1. The molecule has 0 aliphatic heterocycles. The molecule has 2 aromatic rings. The summed E-state index contributed by atoms with van der Waals surface area (Å²) in [5.41, 5.74) is 2.08. The Morgan fingerprint density at radius 3 is 2.59 bits per heavy atom. The van der Waals surface area contributed by atoms with Crippen LogP contribution in [0.3, 0.4) is 0 Å². The molecular weight excluding hydrogens is 578 g/mol. The van der Waals surface area contributed by atoms with Crippen LogP contribution in [0.2, 0.25) is 0 Å². The number of hydrogen-bond acceptors (Lipinski definition) is 5. The van der Waals surface area contributed by atoms with E-state index in [-0.39, 0.29) is 28.4 Å². The predicted molar refractivity (Wildman–Crippen MR) is 160 cm³/mol. The molecule has 0 radical (unpaired) electrons. The van der Waals surface area contributed by atoms with Crippen molar-refractivity contribution in [1.82, 2.24) is 14.9 Å². The van der Waals surface area contributed by atoms with Crippen LogP contribution in [0.15, 0.2) is 28.9 Å². The van der Waals surface area contributed by atoms with Gasteiger partial charge in [0.2, 0.25) is 5.91 Å². The second kappa shape index (κ2) is 15.6. The number of carbonyl (C=O) groups is 3. The van der Waals surface area contributed by atoms with E-state index in [2.05, 4.69) is 51.6 Å². The van der Waals surface area contributed by atoms with E-state index in [0.717, 1.165) is 68.4 Å². The van der Waals surface area contributed by atoms with Crippen molar-refractivity contribution in [3.05, 3.63) is 51.5 Å². The number of carboxylic acid groups (broad SMARTS) is 1. The first-order valence-corrected chi connectivity index (χ1v) is 16.0. The smallest absolute Gasteiger partial charge is 0.336 e. The maximum Gasteiger partial charge on any atom is 0.336 e. The zero-order valence-electron chi connectivity index (χ0n) is 23.4. The van der Waals surface area contributed by atoms with Gasteiger partial charge in [-0.1, -0.05) is 64.3 Å². The molecule has 0 saturated heterocycles. The summed E-state index contributed by atoms with van der Waals surface area (Å²) in [6.45, 7) is 7.24. The zero-order chi connectivity index (χ0) is 28.4. The number of rotatable bonds is 14. The zero-order valence-corrected chi connectivity index (χ0v) is 25.8. The Morgan fingerprint density at radius 1 is 1.21 bits per heavy atom. The van der Waals surface area contributed by atoms with Crippen molar-refractivity contribution in [2.45, 2.75) is 91.6 Å². The van der Waals surface area contributed by atoms with E-state index >= 15 is 0 Å². The molecule has 214 valence electrons. The van der Waals surface area contributed by atoms with E-state index in [0.29, 0.717) is 29.2 Å². The van der Waals surface area contributed by atoms with Crippen LogP contribution in [0, 0.1) is 17.8 Å². The molecule has 2 N–H and O–H groups in total. The largest absolute Gasteiger partial charge is 0.478 e. The van der Waals surface area contributed by atoms with E-state index in [1.54, 1.807) is 6.07 Å². The molecule has 0 spiro atoms. The number of nitrogens with zero attached hydrogens (tertiary/aromatic N) is 2. The minimum atomic E-state index is -0.974. The van der Waals surface area contributed by atoms with Crippen LogP contribution in [0.25, 0.3) is 0 Å². The quantitative estimate of drug-likeness (QED) is 0.240. The van der Waals surface area contributed by atoms with Crippen molar-refractivity contribution < 1.29 is 19.5 Å². The predicted octanol–water partition coefficient (Wildman–Crippen LogP) is 6.85. The van der Waals surface area contributed by atoms with Crippen molar-refractivity contribution in [3.63, 3.8) is 0 Å². The van der Waals surface area contributed by atoms with Crippen molar-refractivity contribution in [1.29, 1.82) is 0 Å². The average molecular weight is 621 g/mol. The summed E-state index contributed by atoms with van der Waals surface area (Å²) in [5.74, 6) is 0.743. The van der Waals surface area contributed by atoms with Gasteiger partial charge in [-0.05, 0) is 65.2 Å². The first kappa shape index (κ1) is 31.4.